The minimum absolute atomic E-state index is 0.0516. The quantitative estimate of drug-likeness (QED) is 0.304. The number of carbonyl (C=O) groups excluding carboxylic acids is 1. The number of hydrogen-bond acceptors (Lipinski definition) is 3. The van der Waals surface area contributed by atoms with E-state index >= 15 is 0 Å². The van der Waals surface area contributed by atoms with E-state index in [1.54, 1.807) is 19.1 Å². The zero-order valence-corrected chi connectivity index (χ0v) is 20.1. The third-order valence-corrected chi connectivity index (χ3v) is 6.67. The maximum Gasteiger partial charge on any atom is 0.573 e. The number of hydrogen-bond donors (Lipinski definition) is 1. The van der Waals surface area contributed by atoms with Crippen molar-refractivity contribution in [3.8, 4) is 5.75 Å². The van der Waals surface area contributed by atoms with Crippen LogP contribution in [0.3, 0.4) is 0 Å². The number of benzene rings is 2. The largest absolute Gasteiger partial charge is 0.573 e. The standard InChI is InChI=1S/C26H28F5N3O2/c1-3-4-9-34-14-19(22-21(36-26(29,30)31)6-5-20(27)24(22)34)25(35)33-10-7-16(8-11-33)18-13-17(32)12-15(2)23(18)28/h5-6,12-14,16H,3-4,7-11,32H2,1-2H3. The van der Waals surface area contributed by atoms with Crippen molar-refractivity contribution in [2.24, 2.45) is 0 Å². The van der Waals surface area contributed by atoms with Crippen LogP contribution in [0.5, 0.6) is 5.75 Å². The molecule has 2 N–H and O–H groups in total. The van der Waals surface area contributed by atoms with Gasteiger partial charge in [-0.2, -0.15) is 0 Å². The summed E-state index contributed by atoms with van der Waals surface area (Å²) in [6, 6.07) is 4.97. The van der Waals surface area contributed by atoms with E-state index in [0.29, 0.717) is 42.6 Å². The first kappa shape index (κ1) is 25.8. The Labute approximate surface area is 205 Å². The van der Waals surface area contributed by atoms with Gasteiger partial charge in [0, 0.05) is 31.5 Å². The number of anilines is 1. The Bertz CT molecular complexity index is 1280. The molecule has 1 aliphatic rings. The number of aromatic nitrogens is 1. The number of unbranched alkanes of at least 4 members (excludes halogenated alkanes) is 1. The Kier molecular flexibility index (Phi) is 7.15. The molecular weight excluding hydrogens is 481 g/mol. The number of carbonyl (C=O) groups is 1. The van der Waals surface area contributed by atoms with Crippen molar-refractivity contribution in [1.82, 2.24) is 9.47 Å². The molecule has 0 atom stereocenters. The number of nitrogens with two attached hydrogens (primary N) is 1. The number of piperidine rings is 1. The molecule has 1 aliphatic heterocycles. The van der Waals surface area contributed by atoms with Crippen LogP contribution in [0, 0.1) is 18.6 Å². The Balaban J connectivity index is 1.66. The summed E-state index contributed by atoms with van der Waals surface area (Å²) in [4.78, 5) is 15.0. The van der Waals surface area contributed by atoms with Crippen LogP contribution in [0.4, 0.5) is 27.6 Å². The lowest BCUT2D eigenvalue weighted by atomic mass is 9.87. The topological polar surface area (TPSA) is 60.5 Å². The number of amides is 1. The predicted octanol–water partition coefficient (Wildman–Crippen LogP) is 6.53. The summed E-state index contributed by atoms with van der Waals surface area (Å²) in [5.74, 6) is -2.35. The molecule has 5 nitrogen and oxygen atoms in total. The SMILES string of the molecule is CCCCn1cc(C(=O)N2CCC(c3cc(N)cc(C)c3F)CC2)c2c(OC(F)(F)F)ccc(F)c21. The second-order valence-corrected chi connectivity index (χ2v) is 9.21. The monoisotopic (exact) mass is 509 g/mol. The van der Waals surface area contributed by atoms with Gasteiger partial charge < -0.3 is 19.9 Å². The van der Waals surface area contributed by atoms with Crippen molar-refractivity contribution in [3.63, 3.8) is 0 Å². The second-order valence-electron chi connectivity index (χ2n) is 9.21. The van der Waals surface area contributed by atoms with Gasteiger partial charge in [0.25, 0.3) is 5.91 Å². The number of fused-ring (bicyclic) bond motifs is 1. The van der Waals surface area contributed by atoms with E-state index in [0.717, 1.165) is 18.6 Å². The van der Waals surface area contributed by atoms with Crippen LogP contribution in [-0.4, -0.2) is 34.8 Å². The lowest BCUT2D eigenvalue weighted by molar-refractivity contribution is -0.274. The van der Waals surface area contributed by atoms with E-state index in [2.05, 4.69) is 4.74 Å². The molecule has 0 unspecified atom stereocenters. The molecule has 1 aromatic heterocycles. The van der Waals surface area contributed by atoms with E-state index < -0.39 is 23.8 Å². The van der Waals surface area contributed by atoms with Crippen LogP contribution in [0.15, 0.2) is 30.5 Å². The normalized spacial score (nSPS) is 15.0. The smallest absolute Gasteiger partial charge is 0.405 e. The number of halogens is 5. The van der Waals surface area contributed by atoms with Crippen molar-refractivity contribution in [1.29, 1.82) is 0 Å². The number of likely N-dealkylation sites (tertiary alicyclic amines) is 1. The minimum atomic E-state index is -5.01. The zero-order chi connectivity index (χ0) is 26.2. The molecule has 10 heteroatoms. The number of nitrogen functional groups attached to an aromatic ring is 1. The zero-order valence-electron chi connectivity index (χ0n) is 20.1. The lowest BCUT2D eigenvalue weighted by Crippen LogP contribution is -2.38. The Morgan fingerprint density at radius 3 is 2.50 bits per heavy atom. The molecule has 2 heterocycles. The molecule has 1 saturated heterocycles. The molecule has 36 heavy (non-hydrogen) atoms. The fraction of sp³-hybridized carbons (Fsp3) is 0.423. The lowest BCUT2D eigenvalue weighted by Gasteiger charge is -2.32. The summed E-state index contributed by atoms with van der Waals surface area (Å²) in [5, 5.41) is -0.201. The first-order valence-corrected chi connectivity index (χ1v) is 11.9. The van der Waals surface area contributed by atoms with Crippen LogP contribution in [0.1, 0.15) is 60.0 Å². The molecule has 3 aromatic rings. The number of aryl methyl sites for hydroxylation is 2. The highest BCUT2D eigenvalue weighted by Gasteiger charge is 2.35. The highest BCUT2D eigenvalue weighted by Crippen LogP contribution is 2.38. The number of nitrogens with zero attached hydrogens (tertiary/aromatic N) is 2. The molecule has 194 valence electrons. The van der Waals surface area contributed by atoms with Crippen LogP contribution in [0.25, 0.3) is 10.9 Å². The van der Waals surface area contributed by atoms with Gasteiger partial charge >= 0.3 is 6.36 Å². The van der Waals surface area contributed by atoms with Gasteiger partial charge in [-0.1, -0.05) is 13.3 Å². The highest BCUT2D eigenvalue weighted by atomic mass is 19.4. The Hall–Kier alpha value is -3.30. The van der Waals surface area contributed by atoms with Crippen molar-refractivity contribution >= 4 is 22.5 Å². The van der Waals surface area contributed by atoms with Gasteiger partial charge in [-0.25, -0.2) is 8.78 Å². The van der Waals surface area contributed by atoms with E-state index in [9.17, 15) is 26.7 Å². The van der Waals surface area contributed by atoms with Gasteiger partial charge in [0.05, 0.1) is 16.5 Å². The average Bonchev–Trinajstić information content (AvgIpc) is 3.21. The van der Waals surface area contributed by atoms with Gasteiger partial charge in [0.15, 0.2) is 0 Å². The number of ether oxygens (including phenoxy) is 1. The first-order valence-electron chi connectivity index (χ1n) is 11.9. The first-order chi connectivity index (χ1) is 17.0. The fourth-order valence-electron chi connectivity index (χ4n) is 4.94. The summed E-state index contributed by atoms with van der Waals surface area (Å²) >= 11 is 0. The summed E-state index contributed by atoms with van der Waals surface area (Å²) in [6.45, 7) is 4.44. The predicted molar refractivity (Wildman–Crippen MR) is 127 cm³/mol. The third kappa shape index (κ3) is 5.12. The van der Waals surface area contributed by atoms with Gasteiger partial charge in [-0.15, -0.1) is 13.2 Å². The minimum Gasteiger partial charge on any atom is -0.405 e. The van der Waals surface area contributed by atoms with Gasteiger partial charge in [-0.05, 0) is 67.5 Å². The molecule has 0 radical (unpaired) electrons. The van der Waals surface area contributed by atoms with E-state index in [-0.39, 0.29) is 41.3 Å². The van der Waals surface area contributed by atoms with Gasteiger partial charge in [0.2, 0.25) is 0 Å². The number of rotatable bonds is 6. The van der Waals surface area contributed by atoms with Crippen molar-refractivity contribution in [2.75, 3.05) is 18.8 Å². The number of alkyl halides is 3. The second kappa shape index (κ2) is 9.99. The summed E-state index contributed by atoms with van der Waals surface area (Å²) in [7, 11) is 0. The van der Waals surface area contributed by atoms with E-state index in [1.165, 1.54) is 15.7 Å². The maximum atomic E-state index is 14.8. The Morgan fingerprint density at radius 1 is 1.17 bits per heavy atom. The van der Waals surface area contributed by atoms with Crippen LogP contribution < -0.4 is 10.5 Å². The Morgan fingerprint density at radius 2 is 1.86 bits per heavy atom. The molecule has 2 aromatic carbocycles. The van der Waals surface area contributed by atoms with Crippen LogP contribution >= 0.6 is 0 Å². The molecule has 4 rings (SSSR count). The molecule has 0 saturated carbocycles. The molecule has 1 amide bonds. The maximum absolute atomic E-state index is 14.8. The molecule has 0 aliphatic carbocycles. The fourth-order valence-corrected chi connectivity index (χ4v) is 4.94. The summed E-state index contributed by atoms with van der Waals surface area (Å²) in [5.41, 5.74) is 7.15. The molecule has 0 spiro atoms. The van der Waals surface area contributed by atoms with E-state index in [1.807, 2.05) is 6.92 Å². The van der Waals surface area contributed by atoms with Gasteiger partial charge in [0.1, 0.15) is 17.4 Å². The molecule has 0 bridgehead atoms. The van der Waals surface area contributed by atoms with E-state index in [4.69, 9.17) is 5.73 Å². The van der Waals surface area contributed by atoms with Crippen LogP contribution in [0.2, 0.25) is 0 Å². The third-order valence-electron chi connectivity index (χ3n) is 6.67. The van der Waals surface area contributed by atoms with Crippen molar-refractivity contribution in [2.45, 2.75) is 58.4 Å². The average molecular weight is 510 g/mol. The molecule has 1 fully saturated rings. The molecular formula is C26H28F5N3O2. The van der Waals surface area contributed by atoms with Crippen molar-refractivity contribution in [3.05, 3.63) is 58.8 Å². The summed E-state index contributed by atoms with van der Waals surface area (Å²) < 4.78 is 74.5. The summed E-state index contributed by atoms with van der Waals surface area (Å²) in [6.07, 6.45) is -1.26. The highest BCUT2D eigenvalue weighted by molar-refractivity contribution is 6.09. The van der Waals surface area contributed by atoms with Crippen molar-refractivity contribution < 1.29 is 31.5 Å². The van der Waals surface area contributed by atoms with Crippen LogP contribution in [-0.2, 0) is 6.54 Å². The van der Waals surface area contributed by atoms with Gasteiger partial charge in [-0.3, -0.25) is 4.79 Å².